The maximum atomic E-state index is 13.2. The number of benzene rings is 1. The van der Waals surface area contributed by atoms with Crippen molar-refractivity contribution in [3.8, 4) is 0 Å². The average Bonchev–Trinajstić information content (AvgIpc) is 2.93. The van der Waals surface area contributed by atoms with Crippen LogP contribution in [0.2, 0.25) is 0 Å². The van der Waals surface area contributed by atoms with Crippen LogP contribution in [0, 0.1) is 5.82 Å². The molecule has 5 nitrogen and oxygen atoms in total. The van der Waals surface area contributed by atoms with E-state index in [-0.39, 0.29) is 11.7 Å². The minimum Gasteiger partial charge on any atom is -0.307 e. The van der Waals surface area contributed by atoms with Crippen LogP contribution in [0.25, 0.3) is 0 Å². The standard InChI is InChI=1S/C17H15FN4O/c1-22-16(5-6-20-22)21-17(23)14-8-13(10-19-11-14)7-12-3-2-4-15(18)9-12/h2-6,8-11H,7H2,1H3,(H,21,23). The number of nitrogens with one attached hydrogen (secondary N) is 1. The Bertz CT molecular complexity index is 844. The van der Waals surface area contributed by atoms with E-state index in [0.717, 1.165) is 11.1 Å². The highest BCUT2D eigenvalue weighted by molar-refractivity contribution is 6.03. The Kier molecular flexibility index (Phi) is 4.14. The normalized spacial score (nSPS) is 10.5. The molecular formula is C17H15FN4O. The lowest BCUT2D eigenvalue weighted by Crippen LogP contribution is -2.15. The van der Waals surface area contributed by atoms with Gasteiger partial charge in [-0.1, -0.05) is 12.1 Å². The third kappa shape index (κ3) is 3.60. The summed E-state index contributed by atoms with van der Waals surface area (Å²) in [6.45, 7) is 0. The third-order valence-electron chi connectivity index (χ3n) is 3.42. The van der Waals surface area contributed by atoms with E-state index in [1.165, 1.54) is 18.3 Å². The van der Waals surface area contributed by atoms with Crippen molar-refractivity contribution in [3.05, 3.63) is 77.5 Å². The highest BCUT2D eigenvalue weighted by Gasteiger charge is 2.10. The number of nitrogens with zero attached hydrogens (tertiary/aromatic N) is 3. The van der Waals surface area contributed by atoms with Gasteiger partial charge >= 0.3 is 0 Å². The Morgan fingerprint density at radius 2 is 2.09 bits per heavy atom. The number of hydrogen-bond acceptors (Lipinski definition) is 3. The number of aryl methyl sites for hydroxylation is 1. The van der Waals surface area contributed by atoms with Crippen LogP contribution < -0.4 is 5.32 Å². The Morgan fingerprint density at radius 3 is 2.83 bits per heavy atom. The minimum atomic E-state index is -0.277. The Morgan fingerprint density at radius 1 is 1.22 bits per heavy atom. The molecule has 0 spiro atoms. The molecule has 0 atom stereocenters. The fraction of sp³-hybridized carbons (Fsp3) is 0.118. The summed E-state index contributed by atoms with van der Waals surface area (Å²) in [5.41, 5.74) is 2.12. The molecule has 0 radical (unpaired) electrons. The maximum Gasteiger partial charge on any atom is 0.258 e. The summed E-state index contributed by atoms with van der Waals surface area (Å²) in [6, 6.07) is 9.84. The van der Waals surface area contributed by atoms with E-state index in [9.17, 15) is 9.18 Å². The van der Waals surface area contributed by atoms with Crippen LogP contribution >= 0.6 is 0 Å². The second kappa shape index (κ2) is 6.39. The average molecular weight is 310 g/mol. The van der Waals surface area contributed by atoms with Crippen molar-refractivity contribution in [1.82, 2.24) is 14.8 Å². The zero-order valence-corrected chi connectivity index (χ0v) is 12.5. The Hall–Kier alpha value is -3.02. The molecule has 0 aliphatic rings. The maximum absolute atomic E-state index is 13.2. The molecule has 0 saturated heterocycles. The zero-order valence-electron chi connectivity index (χ0n) is 12.5. The number of anilines is 1. The van der Waals surface area contributed by atoms with E-state index in [1.54, 1.807) is 42.3 Å². The quantitative estimate of drug-likeness (QED) is 0.806. The molecule has 0 aliphatic carbocycles. The van der Waals surface area contributed by atoms with Gasteiger partial charge in [0.25, 0.3) is 5.91 Å². The van der Waals surface area contributed by atoms with Crippen LogP contribution in [0.5, 0.6) is 0 Å². The van der Waals surface area contributed by atoms with Crippen LogP contribution in [-0.4, -0.2) is 20.7 Å². The Balaban J connectivity index is 1.77. The molecular weight excluding hydrogens is 295 g/mol. The van der Waals surface area contributed by atoms with E-state index in [1.807, 2.05) is 6.07 Å². The molecule has 0 fully saturated rings. The summed E-state index contributed by atoms with van der Waals surface area (Å²) in [4.78, 5) is 16.4. The number of halogens is 1. The first-order chi connectivity index (χ1) is 11.1. The summed E-state index contributed by atoms with van der Waals surface area (Å²) < 4.78 is 14.8. The molecule has 23 heavy (non-hydrogen) atoms. The van der Waals surface area contributed by atoms with Crippen LogP contribution in [0.4, 0.5) is 10.2 Å². The number of pyridine rings is 1. The van der Waals surface area contributed by atoms with Gasteiger partial charge in [-0.3, -0.25) is 14.5 Å². The van der Waals surface area contributed by atoms with Gasteiger partial charge in [-0.2, -0.15) is 5.10 Å². The van der Waals surface area contributed by atoms with Crippen LogP contribution in [0.15, 0.2) is 55.0 Å². The Labute approximate surface area is 132 Å². The first-order valence-corrected chi connectivity index (χ1v) is 7.09. The number of amides is 1. The van der Waals surface area contributed by atoms with E-state index < -0.39 is 0 Å². The fourth-order valence-electron chi connectivity index (χ4n) is 2.28. The van der Waals surface area contributed by atoms with Gasteiger partial charge in [0.1, 0.15) is 11.6 Å². The zero-order chi connectivity index (χ0) is 16.2. The first-order valence-electron chi connectivity index (χ1n) is 7.09. The topological polar surface area (TPSA) is 59.8 Å². The number of rotatable bonds is 4. The van der Waals surface area contributed by atoms with Crippen molar-refractivity contribution in [2.45, 2.75) is 6.42 Å². The molecule has 0 bridgehead atoms. The van der Waals surface area contributed by atoms with Gasteiger partial charge in [-0.15, -0.1) is 0 Å². The molecule has 1 N–H and O–H groups in total. The molecule has 3 aromatic rings. The van der Waals surface area contributed by atoms with E-state index in [4.69, 9.17) is 0 Å². The van der Waals surface area contributed by atoms with Crippen molar-refractivity contribution in [2.75, 3.05) is 5.32 Å². The van der Waals surface area contributed by atoms with Crippen molar-refractivity contribution >= 4 is 11.7 Å². The summed E-state index contributed by atoms with van der Waals surface area (Å²) >= 11 is 0. The highest BCUT2D eigenvalue weighted by Crippen LogP contribution is 2.13. The molecule has 0 saturated carbocycles. The largest absolute Gasteiger partial charge is 0.307 e. The summed E-state index contributed by atoms with van der Waals surface area (Å²) in [6.07, 6.45) is 5.29. The van der Waals surface area contributed by atoms with Crippen LogP contribution in [0.3, 0.4) is 0 Å². The molecule has 2 aromatic heterocycles. The van der Waals surface area contributed by atoms with Crippen molar-refractivity contribution in [2.24, 2.45) is 7.05 Å². The minimum absolute atomic E-state index is 0.262. The third-order valence-corrected chi connectivity index (χ3v) is 3.42. The van der Waals surface area contributed by atoms with Gasteiger partial charge in [-0.25, -0.2) is 4.39 Å². The molecule has 6 heteroatoms. The first kappa shape index (κ1) is 14.9. The monoisotopic (exact) mass is 310 g/mol. The van der Waals surface area contributed by atoms with Gasteiger partial charge < -0.3 is 5.32 Å². The van der Waals surface area contributed by atoms with Crippen LogP contribution in [-0.2, 0) is 13.5 Å². The molecule has 3 rings (SSSR count). The molecule has 1 amide bonds. The number of carbonyl (C=O) groups is 1. The fourth-order valence-corrected chi connectivity index (χ4v) is 2.28. The van der Waals surface area contributed by atoms with E-state index in [0.29, 0.717) is 17.8 Å². The molecule has 0 aliphatic heterocycles. The van der Waals surface area contributed by atoms with Crippen molar-refractivity contribution < 1.29 is 9.18 Å². The van der Waals surface area contributed by atoms with Crippen LogP contribution in [0.1, 0.15) is 21.5 Å². The molecule has 1 aromatic carbocycles. The van der Waals surface area contributed by atoms with Crippen molar-refractivity contribution in [3.63, 3.8) is 0 Å². The molecule has 2 heterocycles. The predicted molar refractivity (Wildman–Crippen MR) is 84.6 cm³/mol. The summed E-state index contributed by atoms with van der Waals surface area (Å²) in [5, 5.41) is 6.76. The van der Waals surface area contributed by atoms with Crippen molar-refractivity contribution in [1.29, 1.82) is 0 Å². The second-order valence-corrected chi connectivity index (χ2v) is 5.18. The number of carbonyl (C=O) groups excluding carboxylic acids is 1. The molecule has 116 valence electrons. The van der Waals surface area contributed by atoms with Gasteiger partial charge in [0.2, 0.25) is 0 Å². The lowest BCUT2D eigenvalue weighted by atomic mass is 10.1. The lowest BCUT2D eigenvalue weighted by molar-refractivity contribution is 0.102. The smallest absolute Gasteiger partial charge is 0.258 e. The SMILES string of the molecule is Cn1nccc1NC(=O)c1cncc(Cc2cccc(F)c2)c1. The highest BCUT2D eigenvalue weighted by atomic mass is 19.1. The summed E-state index contributed by atoms with van der Waals surface area (Å²) in [5.74, 6) is 0.0632. The second-order valence-electron chi connectivity index (χ2n) is 5.18. The van der Waals surface area contributed by atoms with E-state index in [2.05, 4.69) is 15.4 Å². The number of hydrogen-bond donors (Lipinski definition) is 1. The predicted octanol–water partition coefficient (Wildman–Crippen LogP) is 2.80. The van der Waals surface area contributed by atoms with Gasteiger partial charge in [0.05, 0.1) is 11.8 Å². The lowest BCUT2D eigenvalue weighted by Gasteiger charge is -2.07. The summed E-state index contributed by atoms with van der Waals surface area (Å²) in [7, 11) is 1.74. The number of aromatic nitrogens is 3. The van der Waals surface area contributed by atoms with Gasteiger partial charge in [0.15, 0.2) is 0 Å². The molecule has 0 unspecified atom stereocenters. The van der Waals surface area contributed by atoms with Gasteiger partial charge in [-0.05, 0) is 35.7 Å². The van der Waals surface area contributed by atoms with Gasteiger partial charge in [0, 0.05) is 25.5 Å². The van der Waals surface area contributed by atoms with E-state index >= 15 is 0 Å².